The maximum absolute atomic E-state index is 12.4. The van der Waals surface area contributed by atoms with E-state index >= 15 is 0 Å². The number of aryl methyl sites for hydroxylation is 4. The topological polar surface area (TPSA) is 397 Å². The van der Waals surface area contributed by atoms with Gasteiger partial charge in [-0.15, -0.1) is 12.0 Å². The number of fused-ring (bicyclic) bond motifs is 1. The van der Waals surface area contributed by atoms with Crippen LogP contribution in [0.1, 0.15) is 62.6 Å². The van der Waals surface area contributed by atoms with Crippen molar-refractivity contribution in [3.05, 3.63) is 195 Å². The molecule has 0 radical (unpaired) electrons. The van der Waals surface area contributed by atoms with Gasteiger partial charge in [0.1, 0.15) is 23.1 Å². The molecule has 0 amide bonds. The fourth-order valence-corrected chi connectivity index (χ4v) is 9.01. The molecule has 0 saturated heterocycles. The number of aromatic amines is 1. The second-order valence-electron chi connectivity index (χ2n) is 17.2. The van der Waals surface area contributed by atoms with Gasteiger partial charge in [-0.05, 0) is 112 Å². The number of aliphatic hydroxyl groups is 2. The number of sulfonamides is 2. The maximum Gasteiger partial charge on any atom is 2.00 e. The monoisotopic (exact) mass is 1150 g/mol. The molecule has 28 heteroatoms. The molecular formula is C51H50CaN14O10S3. The van der Waals surface area contributed by atoms with Gasteiger partial charge in [0, 0.05) is 65.8 Å². The zero-order valence-corrected chi connectivity index (χ0v) is 48.1. The van der Waals surface area contributed by atoms with Crippen LogP contribution in [0.2, 0.25) is 0 Å². The average molecular weight is 1160 g/mol. The molecule has 9 aromatic rings. The van der Waals surface area contributed by atoms with Gasteiger partial charge in [-0.2, -0.15) is 0 Å². The molecule has 24 nitrogen and oxygen atoms in total. The Kier molecular flexibility index (Phi) is 20.3. The van der Waals surface area contributed by atoms with Gasteiger partial charge in [0.05, 0.1) is 56.6 Å². The van der Waals surface area contributed by atoms with Crippen molar-refractivity contribution in [3.63, 3.8) is 0 Å². The minimum atomic E-state index is -3.41. The summed E-state index contributed by atoms with van der Waals surface area (Å²) in [7, 11) is -10.2. The Morgan fingerprint density at radius 3 is 1.30 bits per heavy atom. The molecule has 0 atom stereocenters. The molecule has 404 valence electrons. The van der Waals surface area contributed by atoms with Crippen LogP contribution >= 0.6 is 0 Å². The average Bonchev–Trinajstić information content (AvgIpc) is 4.23. The number of sulfone groups is 1. The van der Waals surface area contributed by atoms with E-state index in [1.807, 2.05) is 39.8 Å². The van der Waals surface area contributed by atoms with Crippen molar-refractivity contribution in [2.45, 2.75) is 44.6 Å². The number of imidazole rings is 1. The van der Waals surface area contributed by atoms with Gasteiger partial charge in [0.2, 0.25) is 0 Å². The third kappa shape index (κ3) is 15.1. The molecule has 0 aliphatic rings. The zero-order valence-electron chi connectivity index (χ0n) is 43.4. The molecule has 0 spiro atoms. The van der Waals surface area contributed by atoms with Gasteiger partial charge in [0.25, 0.3) is 0 Å². The fraction of sp³-hybridized carbons (Fsp3) is 0.196. The van der Waals surface area contributed by atoms with Crippen LogP contribution in [0.15, 0.2) is 140 Å². The molecule has 9 rings (SSSR count). The first-order valence-corrected chi connectivity index (χ1v) is 28.5. The van der Waals surface area contributed by atoms with Crippen LogP contribution in [0.3, 0.4) is 0 Å². The number of nitrogens with one attached hydrogen (secondary N) is 1. The van der Waals surface area contributed by atoms with Crippen molar-refractivity contribution >= 4 is 102 Å². The second kappa shape index (κ2) is 25.9. The fourth-order valence-electron chi connectivity index (χ4n) is 8.08. The minimum Gasteiger partial charge on any atom is -0.422 e. The van der Waals surface area contributed by atoms with E-state index in [0.717, 1.165) is 58.7 Å². The summed E-state index contributed by atoms with van der Waals surface area (Å²) in [6.45, 7) is 7.32. The van der Waals surface area contributed by atoms with Crippen LogP contribution in [-0.4, -0.2) is 144 Å². The first kappa shape index (κ1) is 62.2. The summed E-state index contributed by atoms with van der Waals surface area (Å²) < 4.78 is 79.1. The molecule has 0 aliphatic carbocycles. The van der Waals surface area contributed by atoms with Crippen LogP contribution in [0.25, 0.3) is 44.1 Å². The van der Waals surface area contributed by atoms with E-state index < -0.39 is 41.1 Å². The van der Waals surface area contributed by atoms with E-state index in [-0.39, 0.29) is 55.0 Å². The van der Waals surface area contributed by atoms with Crippen LogP contribution in [0.4, 0.5) is 11.4 Å². The number of nitrogen functional groups attached to an aromatic ring is 2. The summed E-state index contributed by atoms with van der Waals surface area (Å²) in [6.07, 6.45) is 9.28. The summed E-state index contributed by atoms with van der Waals surface area (Å²) >= 11 is 0. The molecule has 7 heterocycles. The summed E-state index contributed by atoms with van der Waals surface area (Å²) in [4.78, 5) is 25.4. The van der Waals surface area contributed by atoms with Crippen LogP contribution < -0.4 is 11.5 Å². The van der Waals surface area contributed by atoms with E-state index in [0.29, 0.717) is 67.8 Å². The zero-order chi connectivity index (χ0) is 57.2. The van der Waals surface area contributed by atoms with Crippen molar-refractivity contribution < 1.29 is 44.5 Å². The first-order chi connectivity index (χ1) is 36.7. The SMILES string of the molecule is CS(=O)(=O)N=C=[N-].CS(=O)(=O)N=C=[N-].Cc1noc(C)c1-c1cc(C(O)(c2ccccn2)c2ccccn2)c2nc(CS(C)(=O)=O)[nH]c2c1.Cc1noc(C)c1-c1cc(N)c(N)c(C(O)(c2ccccn2)c2ccccn2)c1.[Ca+2]. The van der Waals surface area contributed by atoms with Crippen molar-refractivity contribution in [1.29, 1.82) is 0 Å². The predicted octanol–water partition coefficient (Wildman–Crippen LogP) is 5.65. The van der Waals surface area contributed by atoms with Gasteiger partial charge in [-0.1, -0.05) is 34.6 Å². The van der Waals surface area contributed by atoms with Gasteiger partial charge >= 0.3 is 37.7 Å². The molecule has 0 fully saturated rings. The molecule has 79 heavy (non-hydrogen) atoms. The number of anilines is 2. The van der Waals surface area contributed by atoms with Gasteiger partial charge < -0.3 is 55.3 Å². The summed E-state index contributed by atoms with van der Waals surface area (Å²) in [5.41, 5.74) is 17.4. The Bertz CT molecular complexity index is 3880. The Labute approximate surface area is 484 Å². The Balaban J connectivity index is 0.000000234. The van der Waals surface area contributed by atoms with Crippen LogP contribution in [0, 0.1) is 27.7 Å². The van der Waals surface area contributed by atoms with Crippen molar-refractivity contribution in [2.75, 3.05) is 30.2 Å². The molecule has 0 unspecified atom stereocenters. The molecule has 0 aliphatic heterocycles. The van der Waals surface area contributed by atoms with E-state index in [9.17, 15) is 35.5 Å². The summed E-state index contributed by atoms with van der Waals surface area (Å²) in [5, 5.41) is 47.7. The number of pyridine rings is 4. The van der Waals surface area contributed by atoms with Crippen LogP contribution in [-0.2, 0) is 46.8 Å². The summed E-state index contributed by atoms with van der Waals surface area (Å²) in [6, 6.07) is 30.6. The van der Waals surface area contributed by atoms with E-state index in [1.165, 1.54) is 0 Å². The third-order valence-electron chi connectivity index (χ3n) is 11.2. The standard InChI is InChI=1S/C25H23N5O4S.C22H21N5O2.2C2H3N2O2S.Ca/c1-15-23(16(2)34-30-15)17-12-18(24-19(13-17)28-22(29-24)14-35(3,32)33)25(31,20-8-4-6-10-26-20)21-9-5-7-11-27-21;1-13-20(14(2)29-27-13)15-11-16(21(24)17(23)12-15)22(28,18-7-3-5-9-25-18)19-8-4-6-10-26-19;2*1-7(5,6)4-2-3;/h4-13,31H,14H2,1-3H3,(H,28,29);3-12,28H,23-24H2,1-2H3;2*1H3;/q;;2*-1;+2. The van der Waals surface area contributed by atoms with E-state index in [1.54, 1.807) is 110 Å². The largest absolute Gasteiger partial charge is 2.00 e. The van der Waals surface area contributed by atoms with E-state index in [2.05, 4.69) is 49.0 Å². The number of nitrogens with two attached hydrogens (primary N) is 2. The first-order valence-electron chi connectivity index (χ1n) is 22.7. The minimum absolute atomic E-state index is 0. The van der Waals surface area contributed by atoms with Gasteiger partial charge in [0.15, 0.2) is 41.1 Å². The van der Waals surface area contributed by atoms with Crippen molar-refractivity contribution in [2.24, 2.45) is 8.80 Å². The van der Waals surface area contributed by atoms with Crippen molar-refractivity contribution in [1.82, 2.24) is 40.2 Å². The molecule has 7 N–H and O–H groups in total. The molecule has 2 aromatic carbocycles. The second-order valence-corrected chi connectivity index (χ2v) is 22.7. The van der Waals surface area contributed by atoms with Crippen molar-refractivity contribution in [3.8, 4) is 22.3 Å². The van der Waals surface area contributed by atoms with E-state index in [4.69, 9.17) is 31.3 Å². The number of hydrogen-bond donors (Lipinski definition) is 5. The van der Waals surface area contributed by atoms with Gasteiger partial charge in [-0.3, -0.25) is 19.9 Å². The van der Waals surface area contributed by atoms with Gasteiger partial charge in [-0.25, -0.2) is 30.2 Å². The quantitative estimate of drug-likeness (QED) is 0.0560. The Morgan fingerprint density at radius 2 is 0.987 bits per heavy atom. The number of hydrogen-bond acceptors (Lipinski definition) is 19. The number of aromatic nitrogens is 8. The maximum atomic E-state index is 12.4. The number of benzene rings is 2. The molecule has 0 bridgehead atoms. The third-order valence-corrected chi connectivity index (χ3v) is 12.9. The Hall–Kier alpha value is -7.68. The Morgan fingerprint density at radius 1 is 0.608 bits per heavy atom. The molecule has 0 saturated carbocycles. The molecular weight excluding hydrogens is 1100 g/mol. The number of rotatable bonds is 12. The normalized spacial score (nSPS) is 11.5. The summed E-state index contributed by atoms with van der Waals surface area (Å²) in [5.74, 6) is 1.26. The van der Waals surface area contributed by atoms with Crippen LogP contribution in [0.5, 0.6) is 0 Å². The number of H-pyrrole nitrogens is 1. The predicted molar refractivity (Wildman–Crippen MR) is 298 cm³/mol. The molecule has 7 aromatic heterocycles. The number of nitrogens with zero attached hydrogens (tertiary/aromatic N) is 11. The smallest absolute Gasteiger partial charge is 0.422 e.